The fraction of sp³-hybridized carbons (Fsp3) is 0.364. The van der Waals surface area contributed by atoms with Crippen LogP contribution in [0.3, 0.4) is 0 Å². The van der Waals surface area contributed by atoms with Crippen molar-refractivity contribution < 1.29 is 14.6 Å². The van der Waals surface area contributed by atoms with Crippen molar-refractivity contribution in [3.8, 4) is 0 Å². The van der Waals surface area contributed by atoms with Gasteiger partial charge in [-0.05, 0) is 24.6 Å². The summed E-state index contributed by atoms with van der Waals surface area (Å²) in [6.45, 7) is 2.13. The van der Waals surface area contributed by atoms with E-state index >= 15 is 0 Å². The van der Waals surface area contributed by atoms with Gasteiger partial charge in [-0.1, -0.05) is 12.1 Å². The number of methoxy groups -OCH3 is 1. The van der Waals surface area contributed by atoms with Crippen LogP contribution in [0.5, 0.6) is 0 Å². The zero-order valence-corrected chi connectivity index (χ0v) is 8.86. The third-order valence-corrected chi connectivity index (χ3v) is 1.99. The summed E-state index contributed by atoms with van der Waals surface area (Å²) >= 11 is 0. The first-order valence-corrected chi connectivity index (χ1v) is 4.70. The van der Waals surface area contributed by atoms with E-state index in [1.165, 1.54) is 0 Å². The molecule has 0 saturated heterocycles. The van der Waals surface area contributed by atoms with Gasteiger partial charge < -0.3 is 15.2 Å². The van der Waals surface area contributed by atoms with Crippen LogP contribution in [0.25, 0.3) is 0 Å². The molecule has 0 aliphatic heterocycles. The maximum Gasteiger partial charge on any atom is 0.325 e. The van der Waals surface area contributed by atoms with Gasteiger partial charge in [0.2, 0.25) is 0 Å². The van der Waals surface area contributed by atoms with E-state index in [1.54, 1.807) is 14.0 Å². The fourth-order valence-electron chi connectivity index (χ4n) is 1.23. The van der Waals surface area contributed by atoms with Crippen LogP contribution in [0.1, 0.15) is 12.5 Å². The SMILES string of the molecule is COCc1cccc(NC(C)C(=O)O)c1. The highest BCUT2D eigenvalue weighted by atomic mass is 16.5. The average molecular weight is 209 g/mol. The smallest absolute Gasteiger partial charge is 0.325 e. The molecule has 0 aliphatic carbocycles. The highest BCUT2D eigenvalue weighted by Crippen LogP contribution is 2.12. The highest BCUT2D eigenvalue weighted by Gasteiger charge is 2.09. The van der Waals surface area contributed by atoms with Crippen LogP contribution in [-0.4, -0.2) is 24.2 Å². The van der Waals surface area contributed by atoms with Crippen LogP contribution >= 0.6 is 0 Å². The van der Waals surface area contributed by atoms with E-state index in [-0.39, 0.29) is 0 Å². The third kappa shape index (κ3) is 3.59. The summed E-state index contributed by atoms with van der Waals surface area (Å²) in [4.78, 5) is 10.6. The molecule has 0 bridgehead atoms. The number of carboxylic acid groups (broad SMARTS) is 1. The summed E-state index contributed by atoms with van der Waals surface area (Å²) < 4.78 is 4.99. The molecule has 0 aromatic heterocycles. The van der Waals surface area contributed by atoms with E-state index in [0.717, 1.165) is 11.3 Å². The number of ether oxygens (including phenoxy) is 1. The number of aliphatic carboxylic acids is 1. The number of benzene rings is 1. The van der Waals surface area contributed by atoms with Gasteiger partial charge >= 0.3 is 5.97 Å². The van der Waals surface area contributed by atoms with Crippen molar-refractivity contribution in [2.75, 3.05) is 12.4 Å². The Morgan fingerprint density at radius 1 is 1.60 bits per heavy atom. The van der Waals surface area contributed by atoms with Gasteiger partial charge in [-0.25, -0.2) is 0 Å². The molecule has 0 amide bonds. The van der Waals surface area contributed by atoms with E-state index in [0.29, 0.717) is 6.61 Å². The second-order valence-electron chi connectivity index (χ2n) is 3.34. The van der Waals surface area contributed by atoms with E-state index in [4.69, 9.17) is 9.84 Å². The second kappa shape index (κ2) is 5.36. The molecule has 4 heteroatoms. The minimum atomic E-state index is -0.868. The summed E-state index contributed by atoms with van der Waals surface area (Å²) in [5.74, 6) is -0.868. The fourth-order valence-corrected chi connectivity index (χ4v) is 1.23. The van der Waals surface area contributed by atoms with Crippen molar-refractivity contribution in [3.63, 3.8) is 0 Å². The minimum absolute atomic E-state index is 0.525. The van der Waals surface area contributed by atoms with Crippen molar-refractivity contribution in [2.45, 2.75) is 19.6 Å². The molecule has 1 rings (SSSR count). The molecule has 0 heterocycles. The van der Waals surface area contributed by atoms with Crippen molar-refractivity contribution in [1.82, 2.24) is 0 Å². The van der Waals surface area contributed by atoms with Crippen LogP contribution in [0.4, 0.5) is 5.69 Å². The van der Waals surface area contributed by atoms with Gasteiger partial charge in [0.1, 0.15) is 6.04 Å². The molecule has 0 radical (unpaired) electrons. The molecular weight excluding hydrogens is 194 g/mol. The summed E-state index contributed by atoms with van der Waals surface area (Å²) in [5.41, 5.74) is 1.81. The van der Waals surface area contributed by atoms with E-state index < -0.39 is 12.0 Å². The Kier molecular flexibility index (Phi) is 4.12. The highest BCUT2D eigenvalue weighted by molar-refractivity contribution is 5.76. The Labute approximate surface area is 88.9 Å². The van der Waals surface area contributed by atoms with Gasteiger partial charge in [0, 0.05) is 12.8 Å². The van der Waals surface area contributed by atoms with Gasteiger partial charge in [-0.15, -0.1) is 0 Å². The second-order valence-corrected chi connectivity index (χ2v) is 3.34. The zero-order valence-electron chi connectivity index (χ0n) is 8.86. The van der Waals surface area contributed by atoms with Crippen LogP contribution in [0.2, 0.25) is 0 Å². The summed E-state index contributed by atoms with van der Waals surface area (Å²) in [5, 5.41) is 11.6. The molecule has 82 valence electrons. The molecule has 2 N–H and O–H groups in total. The maximum absolute atomic E-state index is 10.6. The Bertz CT molecular complexity index is 338. The molecular formula is C11H15NO3. The Hall–Kier alpha value is -1.55. The molecule has 1 unspecified atom stereocenters. The molecule has 15 heavy (non-hydrogen) atoms. The predicted molar refractivity (Wildman–Crippen MR) is 57.9 cm³/mol. The first kappa shape index (κ1) is 11.5. The number of hydrogen-bond acceptors (Lipinski definition) is 3. The molecule has 1 aromatic carbocycles. The number of rotatable bonds is 5. The van der Waals surface area contributed by atoms with Crippen LogP contribution < -0.4 is 5.32 Å². The Balaban J connectivity index is 2.68. The van der Waals surface area contributed by atoms with Crippen molar-refractivity contribution >= 4 is 11.7 Å². The lowest BCUT2D eigenvalue weighted by molar-refractivity contribution is -0.137. The first-order valence-electron chi connectivity index (χ1n) is 4.70. The zero-order chi connectivity index (χ0) is 11.3. The van der Waals surface area contributed by atoms with Gasteiger partial charge in [0.25, 0.3) is 0 Å². The van der Waals surface area contributed by atoms with Crippen molar-refractivity contribution in [2.24, 2.45) is 0 Å². The lowest BCUT2D eigenvalue weighted by atomic mass is 10.2. The van der Waals surface area contributed by atoms with E-state index in [2.05, 4.69) is 5.32 Å². The molecule has 4 nitrogen and oxygen atoms in total. The molecule has 1 atom stereocenters. The Morgan fingerprint density at radius 3 is 2.93 bits per heavy atom. The molecule has 1 aromatic rings. The largest absolute Gasteiger partial charge is 0.480 e. The molecule has 0 saturated carbocycles. The number of anilines is 1. The first-order chi connectivity index (χ1) is 7.13. The number of carbonyl (C=O) groups is 1. The van der Waals surface area contributed by atoms with Crippen LogP contribution in [0.15, 0.2) is 24.3 Å². The quantitative estimate of drug-likeness (QED) is 0.775. The van der Waals surface area contributed by atoms with Gasteiger partial charge in [-0.2, -0.15) is 0 Å². The lowest BCUT2D eigenvalue weighted by Gasteiger charge is -2.11. The minimum Gasteiger partial charge on any atom is -0.480 e. The summed E-state index contributed by atoms with van der Waals surface area (Å²) in [7, 11) is 1.62. The standard InChI is InChI=1S/C11H15NO3/c1-8(11(13)14)12-10-5-3-4-9(6-10)7-15-2/h3-6,8,12H,7H2,1-2H3,(H,13,14). The van der Waals surface area contributed by atoms with Crippen molar-refractivity contribution in [3.05, 3.63) is 29.8 Å². The topological polar surface area (TPSA) is 58.6 Å². The monoisotopic (exact) mass is 209 g/mol. The van der Waals surface area contributed by atoms with Crippen LogP contribution in [-0.2, 0) is 16.1 Å². The van der Waals surface area contributed by atoms with Gasteiger partial charge in [0.15, 0.2) is 0 Å². The number of nitrogens with one attached hydrogen (secondary N) is 1. The summed E-state index contributed by atoms with van der Waals surface area (Å²) in [6, 6.07) is 6.91. The maximum atomic E-state index is 10.6. The number of carboxylic acids is 1. The molecule has 0 fully saturated rings. The average Bonchev–Trinajstić information content (AvgIpc) is 2.18. The van der Waals surface area contributed by atoms with Crippen LogP contribution in [0, 0.1) is 0 Å². The Morgan fingerprint density at radius 2 is 2.33 bits per heavy atom. The predicted octanol–water partition coefficient (Wildman–Crippen LogP) is 1.72. The molecule has 0 spiro atoms. The number of hydrogen-bond donors (Lipinski definition) is 2. The van der Waals surface area contributed by atoms with Crippen molar-refractivity contribution in [1.29, 1.82) is 0 Å². The summed E-state index contributed by atoms with van der Waals surface area (Å²) in [6.07, 6.45) is 0. The van der Waals surface area contributed by atoms with E-state index in [9.17, 15) is 4.79 Å². The lowest BCUT2D eigenvalue weighted by Crippen LogP contribution is -2.25. The molecule has 0 aliphatic rings. The van der Waals surface area contributed by atoms with Gasteiger partial charge in [-0.3, -0.25) is 4.79 Å². The van der Waals surface area contributed by atoms with Gasteiger partial charge in [0.05, 0.1) is 6.61 Å². The normalized spacial score (nSPS) is 12.1. The third-order valence-electron chi connectivity index (χ3n) is 1.99. The van der Waals surface area contributed by atoms with E-state index in [1.807, 2.05) is 24.3 Å².